The van der Waals surface area contributed by atoms with Gasteiger partial charge in [-0.2, -0.15) is 0 Å². The highest BCUT2D eigenvalue weighted by Crippen LogP contribution is 2.35. The van der Waals surface area contributed by atoms with Crippen LogP contribution in [0.4, 0.5) is 0 Å². The third kappa shape index (κ3) is 1.31. The van der Waals surface area contributed by atoms with Crippen LogP contribution in [0.2, 0.25) is 0 Å². The van der Waals surface area contributed by atoms with Gasteiger partial charge in [0.15, 0.2) is 0 Å². The number of halogens is 1. The number of aryl methyl sites for hydroxylation is 1. The molecule has 3 unspecified atom stereocenters. The number of hydrogen-bond acceptors (Lipinski definition) is 4. The van der Waals surface area contributed by atoms with E-state index in [1.165, 1.54) is 19.5 Å². The number of piperidine rings is 1. The van der Waals surface area contributed by atoms with Crippen LogP contribution in [0, 0.1) is 12.8 Å². The number of aromatic nitrogens is 4. The Morgan fingerprint density at radius 3 is 2.71 bits per heavy atom. The number of rotatable bonds is 1. The standard InChI is InChI=1S/C8H13N5.ClH/c1-6-9-10-11-13(6)8-5-12-3-2-7(8)4-12;/h7-8H,2-5H2,1H3;1H. The molecule has 0 radical (unpaired) electrons. The smallest absolute Gasteiger partial charge is 0.148 e. The van der Waals surface area contributed by atoms with Gasteiger partial charge in [0.25, 0.3) is 0 Å². The van der Waals surface area contributed by atoms with Crippen LogP contribution in [-0.2, 0) is 0 Å². The minimum absolute atomic E-state index is 0. The van der Waals surface area contributed by atoms with Gasteiger partial charge < -0.3 is 4.90 Å². The summed E-state index contributed by atoms with van der Waals surface area (Å²) >= 11 is 0. The predicted octanol–water partition coefficient (Wildman–Crippen LogP) is 0.280. The highest BCUT2D eigenvalue weighted by Gasteiger charge is 2.40. The van der Waals surface area contributed by atoms with Crippen LogP contribution in [0.5, 0.6) is 0 Å². The fourth-order valence-electron chi connectivity index (χ4n) is 2.58. The Kier molecular flexibility index (Phi) is 2.45. The van der Waals surface area contributed by atoms with Crippen molar-refractivity contribution in [3.05, 3.63) is 5.82 Å². The van der Waals surface area contributed by atoms with Gasteiger partial charge >= 0.3 is 0 Å². The molecule has 5 nitrogen and oxygen atoms in total. The maximum absolute atomic E-state index is 4.05. The molecule has 6 heteroatoms. The first-order chi connectivity index (χ1) is 6.34. The number of nitrogens with zero attached hydrogens (tertiary/aromatic N) is 5. The zero-order valence-corrected chi connectivity index (χ0v) is 8.94. The first-order valence-electron chi connectivity index (χ1n) is 4.81. The van der Waals surface area contributed by atoms with E-state index in [4.69, 9.17) is 0 Å². The molecule has 2 aliphatic heterocycles. The van der Waals surface area contributed by atoms with Crippen molar-refractivity contribution in [1.29, 1.82) is 0 Å². The minimum Gasteiger partial charge on any atom is -0.301 e. The zero-order valence-electron chi connectivity index (χ0n) is 8.13. The summed E-state index contributed by atoms with van der Waals surface area (Å²) in [6.45, 7) is 5.62. The first kappa shape index (κ1) is 9.86. The van der Waals surface area contributed by atoms with E-state index in [-0.39, 0.29) is 12.4 Å². The lowest BCUT2D eigenvalue weighted by Gasteiger charge is -2.21. The van der Waals surface area contributed by atoms with Crippen molar-refractivity contribution in [2.75, 3.05) is 19.6 Å². The van der Waals surface area contributed by atoms with Crippen molar-refractivity contribution >= 4 is 12.4 Å². The van der Waals surface area contributed by atoms with E-state index in [0.717, 1.165) is 18.3 Å². The van der Waals surface area contributed by atoms with E-state index in [1.807, 2.05) is 11.6 Å². The van der Waals surface area contributed by atoms with E-state index in [2.05, 4.69) is 20.4 Å². The van der Waals surface area contributed by atoms with E-state index >= 15 is 0 Å². The lowest BCUT2D eigenvalue weighted by molar-refractivity contribution is 0.279. The predicted molar refractivity (Wildman–Crippen MR) is 53.4 cm³/mol. The van der Waals surface area contributed by atoms with Crippen LogP contribution in [0.25, 0.3) is 0 Å². The van der Waals surface area contributed by atoms with Gasteiger partial charge in [0, 0.05) is 13.1 Å². The molecule has 1 aromatic rings. The maximum Gasteiger partial charge on any atom is 0.148 e. The Morgan fingerprint density at radius 2 is 2.21 bits per heavy atom. The van der Waals surface area contributed by atoms with Crippen molar-refractivity contribution in [2.45, 2.75) is 19.4 Å². The molecule has 0 spiro atoms. The number of hydrogen-bond donors (Lipinski definition) is 0. The molecule has 0 aromatic carbocycles. The molecule has 3 heterocycles. The Balaban J connectivity index is 0.000000750. The largest absolute Gasteiger partial charge is 0.301 e. The second kappa shape index (κ2) is 3.47. The van der Waals surface area contributed by atoms with Crippen LogP contribution in [0.1, 0.15) is 18.3 Å². The second-order valence-electron chi connectivity index (χ2n) is 4.05. The number of tetrazole rings is 1. The molecule has 14 heavy (non-hydrogen) atoms. The summed E-state index contributed by atoms with van der Waals surface area (Å²) in [6, 6.07) is 0.531. The number of fused-ring (bicyclic) bond motifs is 2. The third-order valence-corrected chi connectivity index (χ3v) is 3.27. The molecule has 1 aromatic heterocycles. The molecule has 3 atom stereocenters. The van der Waals surface area contributed by atoms with E-state index in [9.17, 15) is 0 Å². The van der Waals surface area contributed by atoms with E-state index in [1.54, 1.807) is 0 Å². The van der Waals surface area contributed by atoms with Gasteiger partial charge in [-0.1, -0.05) is 0 Å². The van der Waals surface area contributed by atoms with Crippen molar-refractivity contribution in [2.24, 2.45) is 5.92 Å². The third-order valence-electron chi connectivity index (χ3n) is 3.27. The van der Waals surface area contributed by atoms with E-state index in [0.29, 0.717) is 6.04 Å². The molecule has 0 amide bonds. The Labute approximate surface area is 88.9 Å². The van der Waals surface area contributed by atoms with Gasteiger partial charge in [0.1, 0.15) is 5.82 Å². The Bertz CT molecular complexity index is 325. The zero-order chi connectivity index (χ0) is 8.84. The summed E-state index contributed by atoms with van der Waals surface area (Å²) in [5.41, 5.74) is 0. The van der Waals surface area contributed by atoms with Gasteiger partial charge in [0.2, 0.25) is 0 Å². The van der Waals surface area contributed by atoms with Gasteiger partial charge in [-0.05, 0) is 36.2 Å². The highest BCUT2D eigenvalue weighted by molar-refractivity contribution is 5.85. The average Bonchev–Trinajstić information content (AvgIpc) is 2.77. The fraction of sp³-hybridized carbons (Fsp3) is 0.875. The van der Waals surface area contributed by atoms with Gasteiger partial charge in [-0.15, -0.1) is 17.5 Å². The Morgan fingerprint density at radius 1 is 1.36 bits per heavy atom. The van der Waals surface area contributed by atoms with Crippen LogP contribution in [0.15, 0.2) is 0 Å². The monoisotopic (exact) mass is 215 g/mol. The molecule has 78 valence electrons. The minimum atomic E-state index is 0. The maximum atomic E-state index is 4.05. The molecular formula is C8H14ClN5. The summed E-state index contributed by atoms with van der Waals surface area (Å²) in [7, 11) is 0. The molecule has 0 saturated carbocycles. The molecule has 2 bridgehead atoms. The second-order valence-corrected chi connectivity index (χ2v) is 4.05. The van der Waals surface area contributed by atoms with Crippen LogP contribution in [0.3, 0.4) is 0 Å². The normalized spacial score (nSPS) is 34.5. The van der Waals surface area contributed by atoms with Crippen LogP contribution < -0.4 is 0 Å². The molecule has 2 saturated heterocycles. The Hall–Kier alpha value is -0.680. The van der Waals surface area contributed by atoms with Gasteiger partial charge in [0.05, 0.1) is 6.04 Å². The van der Waals surface area contributed by atoms with Crippen molar-refractivity contribution in [1.82, 2.24) is 25.1 Å². The van der Waals surface area contributed by atoms with Gasteiger partial charge in [-0.25, -0.2) is 4.68 Å². The fourth-order valence-corrected chi connectivity index (χ4v) is 2.58. The summed E-state index contributed by atoms with van der Waals surface area (Å²) in [5, 5.41) is 11.7. The quantitative estimate of drug-likeness (QED) is 0.675. The average molecular weight is 216 g/mol. The first-order valence-corrected chi connectivity index (χ1v) is 4.81. The van der Waals surface area contributed by atoms with Crippen molar-refractivity contribution in [3.8, 4) is 0 Å². The molecule has 2 fully saturated rings. The van der Waals surface area contributed by atoms with Crippen molar-refractivity contribution in [3.63, 3.8) is 0 Å². The van der Waals surface area contributed by atoms with Crippen LogP contribution >= 0.6 is 12.4 Å². The lowest BCUT2D eigenvalue weighted by atomic mass is 10.0. The van der Waals surface area contributed by atoms with Crippen molar-refractivity contribution < 1.29 is 0 Å². The SMILES string of the molecule is Cc1nnnn1C1CN2CCC1C2.Cl. The summed E-state index contributed by atoms with van der Waals surface area (Å²) in [6.07, 6.45) is 1.31. The van der Waals surface area contributed by atoms with Gasteiger partial charge in [-0.3, -0.25) is 0 Å². The summed E-state index contributed by atoms with van der Waals surface area (Å²) in [4.78, 5) is 2.50. The lowest BCUT2D eigenvalue weighted by Crippen LogP contribution is -2.27. The highest BCUT2D eigenvalue weighted by atomic mass is 35.5. The van der Waals surface area contributed by atoms with Crippen LogP contribution in [-0.4, -0.2) is 44.7 Å². The molecule has 0 aliphatic carbocycles. The molecule has 0 N–H and O–H groups in total. The topological polar surface area (TPSA) is 46.8 Å². The molecule has 3 rings (SSSR count). The summed E-state index contributed by atoms with van der Waals surface area (Å²) < 4.78 is 1.99. The molecule has 2 aliphatic rings. The van der Waals surface area contributed by atoms with E-state index < -0.39 is 0 Å². The summed E-state index contributed by atoms with van der Waals surface area (Å²) in [5.74, 6) is 1.72. The molecular weight excluding hydrogens is 202 g/mol.